The number of amides is 1. The zero-order valence-corrected chi connectivity index (χ0v) is 16.8. The molecule has 156 valence electrons. The Hall–Kier alpha value is -3.33. The zero-order valence-electron chi connectivity index (χ0n) is 16.8. The fourth-order valence-corrected chi connectivity index (χ4v) is 2.61. The third kappa shape index (κ3) is 5.58. The number of ether oxygens (including phenoxy) is 2. The van der Waals surface area contributed by atoms with Gasteiger partial charge in [0.2, 0.25) is 0 Å². The van der Waals surface area contributed by atoms with E-state index in [1.807, 2.05) is 0 Å². The Morgan fingerprint density at radius 1 is 1.14 bits per heavy atom. The van der Waals surface area contributed by atoms with Gasteiger partial charge in [-0.15, -0.1) is 0 Å². The van der Waals surface area contributed by atoms with Crippen LogP contribution in [-0.2, 0) is 6.54 Å². The summed E-state index contributed by atoms with van der Waals surface area (Å²) < 4.78 is 10.4. The number of benzene rings is 2. The monoisotopic (exact) mass is 403 g/mol. The molecule has 0 fully saturated rings. The molecule has 0 radical (unpaired) electrons. The summed E-state index contributed by atoms with van der Waals surface area (Å²) in [4.78, 5) is 23.3. The number of carbonyl (C=O) groups is 1. The van der Waals surface area contributed by atoms with Gasteiger partial charge < -0.3 is 25.2 Å². The number of nitrogens with one attached hydrogen (secondary N) is 2. The van der Waals surface area contributed by atoms with Crippen LogP contribution in [0, 0.1) is 10.1 Å². The number of nitro benzene ring substituents is 1. The Balaban J connectivity index is 2.26. The molecule has 0 bridgehead atoms. The molecule has 0 spiro atoms. The first kappa shape index (κ1) is 22.0. The first-order valence-electron chi connectivity index (χ1n) is 8.87. The molecule has 0 heterocycles. The predicted octanol–water partition coefficient (Wildman–Crippen LogP) is 2.72. The van der Waals surface area contributed by atoms with Crippen LogP contribution in [0.2, 0.25) is 0 Å². The number of methoxy groups -OCH3 is 2. The number of anilines is 1. The van der Waals surface area contributed by atoms with Crippen LogP contribution < -0.4 is 20.1 Å². The van der Waals surface area contributed by atoms with Crippen molar-refractivity contribution in [1.82, 2.24) is 5.32 Å². The Labute approximate surface area is 168 Å². The number of carbonyl (C=O) groups excluding carboxylic acids is 1. The highest BCUT2D eigenvalue weighted by molar-refractivity contribution is 6.00. The Bertz CT molecular complexity index is 898. The molecule has 9 nitrogen and oxygen atoms in total. The summed E-state index contributed by atoms with van der Waals surface area (Å²) in [5.74, 6) is 0.611. The lowest BCUT2D eigenvalue weighted by atomic mass is 10.0. The minimum Gasteiger partial charge on any atom is -0.493 e. The molecule has 3 N–H and O–H groups in total. The highest BCUT2D eigenvalue weighted by Crippen LogP contribution is 2.28. The summed E-state index contributed by atoms with van der Waals surface area (Å²) in [6.07, 6.45) is 0. The van der Waals surface area contributed by atoms with Crippen molar-refractivity contribution < 1.29 is 24.3 Å². The standard InChI is InChI=1S/C20H25N3O6/c1-20(2,12-24)22-16-7-6-14(23(26)27)10-15(16)19(25)21-11-13-5-8-17(28-3)18(9-13)29-4/h5-10,22,24H,11-12H2,1-4H3,(H,21,25). The predicted molar refractivity (Wildman–Crippen MR) is 109 cm³/mol. The fourth-order valence-electron chi connectivity index (χ4n) is 2.61. The van der Waals surface area contributed by atoms with Gasteiger partial charge in [-0.2, -0.15) is 0 Å². The van der Waals surface area contributed by atoms with Crippen LogP contribution in [0.3, 0.4) is 0 Å². The van der Waals surface area contributed by atoms with Crippen molar-refractivity contribution >= 4 is 17.3 Å². The van der Waals surface area contributed by atoms with Crippen LogP contribution in [0.1, 0.15) is 29.8 Å². The molecular formula is C20H25N3O6. The van der Waals surface area contributed by atoms with Gasteiger partial charge in [-0.25, -0.2) is 0 Å². The summed E-state index contributed by atoms with van der Waals surface area (Å²) in [6, 6.07) is 9.22. The molecule has 2 rings (SSSR count). The van der Waals surface area contributed by atoms with Gasteiger partial charge >= 0.3 is 0 Å². The van der Waals surface area contributed by atoms with E-state index >= 15 is 0 Å². The van der Waals surface area contributed by atoms with Crippen molar-refractivity contribution in [2.75, 3.05) is 26.1 Å². The van der Waals surface area contributed by atoms with Crippen LogP contribution in [0.15, 0.2) is 36.4 Å². The minimum absolute atomic E-state index is 0.112. The summed E-state index contributed by atoms with van der Waals surface area (Å²) in [7, 11) is 3.05. The molecule has 2 aromatic rings. The number of hydrogen-bond acceptors (Lipinski definition) is 7. The minimum atomic E-state index is -0.714. The highest BCUT2D eigenvalue weighted by atomic mass is 16.6. The number of nitro groups is 1. The van der Waals surface area contributed by atoms with Gasteiger partial charge in [0, 0.05) is 24.4 Å². The van der Waals surface area contributed by atoms with E-state index in [9.17, 15) is 20.0 Å². The van der Waals surface area contributed by atoms with E-state index in [0.717, 1.165) is 5.56 Å². The van der Waals surface area contributed by atoms with Gasteiger partial charge in [0.15, 0.2) is 11.5 Å². The quantitative estimate of drug-likeness (QED) is 0.434. The lowest BCUT2D eigenvalue weighted by molar-refractivity contribution is -0.384. The smallest absolute Gasteiger partial charge is 0.270 e. The van der Waals surface area contributed by atoms with Crippen LogP contribution >= 0.6 is 0 Å². The van der Waals surface area contributed by atoms with Gasteiger partial charge in [-0.05, 0) is 37.6 Å². The van der Waals surface area contributed by atoms with Crippen LogP contribution in [0.5, 0.6) is 11.5 Å². The largest absolute Gasteiger partial charge is 0.493 e. The Morgan fingerprint density at radius 3 is 2.41 bits per heavy atom. The first-order chi connectivity index (χ1) is 13.7. The summed E-state index contributed by atoms with van der Waals surface area (Å²) >= 11 is 0. The summed E-state index contributed by atoms with van der Waals surface area (Å²) in [6.45, 7) is 3.50. The second-order valence-electron chi connectivity index (χ2n) is 7.03. The van der Waals surface area contributed by atoms with Crippen molar-refractivity contribution in [2.45, 2.75) is 25.9 Å². The van der Waals surface area contributed by atoms with Crippen molar-refractivity contribution in [2.24, 2.45) is 0 Å². The maximum Gasteiger partial charge on any atom is 0.270 e. The van der Waals surface area contributed by atoms with Gasteiger partial charge in [0.1, 0.15) is 0 Å². The number of non-ortho nitro benzene ring substituents is 1. The average molecular weight is 403 g/mol. The van der Waals surface area contributed by atoms with Crippen LogP contribution in [0.25, 0.3) is 0 Å². The lowest BCUT2D eigenvalue weighted by Crippen LogP contribution is -2.36. The van der Waals surface area contributed by atoms with Crippen LogP contribution in [-0.4, -0.2) is 42.3 Å². The van der Waals surface area contributed by atoms with Gasteiger partial charge in [0.25, 0.3) is 11.6 Å². The molecular weight excluding hydrogens is 378 g/mol. The molecule has 0 saturated carbocycles. The Morgan fingerprint density at radius 2 is 1.83 bits per heavy atom. The topological polar surface area (TPSA) is 123 Å². The SMILES string of the molecule is COc1ccc(CNC(=O)c2cc([N+](=O)[O-])ccc2NC(C)(C)CO)cc1OC. The highest BCUT2D eigenvalue weighted by Gasteiger charge is 2.22. The molecule has 9 heteroatoms. The van der Waals surface area contributed by atoms with Gasteiger partial charge in [-0.1, -0.05) is 6.07 Å². The maximum absolute atomic E-state index is 12.8. The number of hydrogen-bond donors (Lipinski definition) is 3. The van der Waals surface area contributed by atoms with Crippen molar-refractivity contribution in [1.29, 1.82) is 0 Å². The molecule has 0 aromatic heterocycles. The third-order valence-electron chi connectivity index (χ3n) is 4.23. The molecule has 0 saturated heterocycles. The van der Waals surface area contributed by atoms with Gasteiger partial charge in [0.05, 0.1) is 36.9 Å². The fraction of sp³-hybridized carbons (Fsp3) is 0.350. The van der Waals surface area contributed by atoms with Crippen molar-refractivity contribution in [3.63, 3.8) is 0 Å². The van der Waals surface area contributed by atoms with E-state index in [4.69, 9.17) is 9.47 Å². The van der Waals surface area contributed by atoms with E-state index in [1.54, 1.807) is 32.0 Å². The maximum atomic E-state index is 12.8. The van der Waals surface area contributed by atoms with E-state index in [0.29, 0.717) is 17.2 Å². The second kappa shape index (κ2) is 9.24. The molecule has 1 amide bonds. The molecule has 29 heavy (non-hydrogen) atoms. The molecule has 0 unspecified atom stereocenters. The third-order valence-corrected chi connectivity index (χ3v) is 4.23. The number of nitrogens with zero attached hydrogens (tertiary/aromatic N) is 1. The van der Waals surface area contributed by atoms with Gasteiger partial charge in [-0.3, -0.25) is 14.9 Å². The molecule has 0 aliphatic heterocycles. The number of aliphatic hydroxyl groups is 1. The molecule has 0 aliphatic carbocycles. The van der Waals surface area contributed by atoms with Crippen molar-refractivity contribution in [3.05, 3.63) is 57.6 Å². The molecule has 0 aliphatic rings. The molecule has 0 atom stereocenters. The van der Waals surface area contributed by atoms with E-state index in [-0.39, 0.29) is 24.4 Å². The second-order valence-corrected chi connectivity index (χ2v) is 7.03. The number of rotatable bonds is 9. The zero-order chi connectivity index (χ0) is 21.6. The average Bonchev–Trinajstić information content (AvgIpc) is 2.71. The van der Waals surface area contributed by atoms with Crippen molar-refractivity contribution in [3.8, 4) is 11.5 Å². The summed E-state index contributed by atoms with van der Waals surface area (Å²) in [5, 5.41) is 26.4. The van der Waals surface area contributed by atoms with E-state index < -0.39 is 16.4 Å². The van der Waals surface area contributed by atoms with Crippen LogP contribution in [0.4, 0.5) is 11.4 Å². The van der Waals surface area contributed by atoms with E-state index in [2.05, 4.69) is 10.6 Å². The molecule has 2 aromatic carbocycles. The summed E-state index contributed by atoms with van der Waals surface area (Å²) in [5.41, 5.74) is 0.357. The first-order valence-corrected chi connectivity index (χ1v) is 8.87. The normalized spacial score (nSPS) is 10.9. The number of aliphatic hydroxyl groups excluding tert-OH is 1. The Kier molecular flexibility index (Phi) is 7.00. The van der Waals surface area contributed by atoms with E-state index in [1.165, 1.54) is 32.4 Å². The lowest BCUT2D eigenvalue weighted by Gasteiger charge is -2.26.